The van der Waals surface area contributed by atoms with Crippen molar-refractivity contribution in [3.05, 3.63) is 157 Å². The summed E-state index contributed by atoms with van der Waals surface area (Å²) in [5.74, 6) is 2.08. The summed E-state index contributed by atoms with van der Waals surface area (Å²) in [5.41, 5.74) is 8.43. The normalized spacial score (nSPS) is 16.9. The summed E-state index contributed by atoms with van der Waals surface area (Å²) in [6.07, 6.45) is 8.86. The number of fused-ring (bicyclic) bond motifs is 12. The molecule has 0 saturated heterocycles. The molecule has 1 aliphatic carbocycles. The molecule has 5 heterocycles. The number of nitrogens with zero attached hydrogens (tertiary/aromatic N) is 4. The summed E-state index contributed by atoms with van der Waals surface area (Å²) in [6, 6.07) is 50.0. The molecule has 1 atom stereocenters. The summed E-state index contributed by atoms with van der Waals surface area (Å²) < 4.78 is 10.8. The third-order valence-electron chi connectivity index (χ3n) is 11.0. The van der Waals surface area contributed by atoms with E-state index in [1.807, 2.05) is 42.6 Å². The second-order valence-electron chi connectivity index (χ2n) is 13.5. The predicted octanol–water partition coefficient (Wildman–Crippen LogP) is 8.09. The van der Waals surface area contributed by atoms with E-state index in [0.29, 0.717) is 11.5 Å². The van der Waals surface area contributed by atoms with Crippen molar-refractivity contribution in [2.75, 3.05) is 0 Å². The maximum Gasteiger partial charge on any atom is 2.00 e. The van der Waals surface area contributed by atoms with Crippen molar-refractivity contribution in [3.63, 3.8) is 0 Å². The van der Waals surface area contributed by atoms with E-state index in [2.05, 4.69) is 117 Å². The van der Waals surface area contributed by atoms with Crippen molar-refractivity contribution < 1.29 is 25.8 Å². The van der Waals surface area contributed by atoms with Crippen LogP contribution >= 0.6 is 0 Å². The second kappa shape index (κ2) is 11.6. The Morgan fingerprint density at radius 1 is 0.647 bits per heavy atom. The van der Waals surface area contributed by atoms with Crippen molar-refractivity contribution in [2.45, 2.75) is 25.7 Å². The first-order valence-corrected chi connectivity index (χ1v) is 19.4. The number of aromatic nitrogens is 4. The number of pyridine rings is 1. The fourth-order valence-corrected chi connectivity index (χ4v) is 15.0. The molecular weight excluding hydrogens is 824 g/mol. The van der Waals surface area contributed by atoms with Crippen LogP contribution in [-0.4, -0.2) is 27.4 Å². The van der Waals surface area contributed by atoms with Gasteiger partial charge in [-0.05, 0) is 76.5 Å². The minimum absolute atomic E-state index is 0. The molecule has 5 aromatic carbocycles. The van der Waals surface area contributed by atoms with E-state index in [1.54, 1.807) is 10.8 Å². The Balaban J connectivity index is 0.00000327. The Morgan fingerprint density at radius 2 is 1.41 bits per heavy atom. The third kappa shape index (κ3) is 4.24. The third-order valence-corrected chi connectivity index (χ3v) is 16.1. The molecule has 0 amide bonds. The van der Waals surface area contributed by atoms with Crippen LogP contribution in [0.1, 0.15) is 31.2 Å². The summed E-state index contributed by atoms with van der Waals surface area (Å²) in [7, 11) is -2.42. The maximum atomic E-state index is 6.53. The number of benzene rings is 5. The van der Waals surface area contributed by atoms with Gasteiger partial charge in [0.1, 0.15) is 5.82 Å². The van der Waals surface area contributed by atoms with Crippen LogP contribution in [0.5, 0.6) is 11.5 Å². The zero-order valence-corrected chi connectivity index (χ0v) is 30.8. The summed E-state index contributed by atoms with van der Waals surface area (Å²) in [6.45, 7) is 0. The molecule has 11 rings (SSSR count). The molecule has 0 radical (unpaired) electrons. The minimum atomic E-state index is -2.42. The van der Waals surface area contributed by atoms with Gasteiger partial charge in [-0.1, -0.05) is 83.5 Å². The Morgan fingerprint density at radius 3 is 2.29 bits per heavy atom. The molecule has 3 aromatic heterocycles. The van der Waals surface area contributed by atoms with E-state index < -0.39 is 8.07 Å². The Bertz CT molecular complexity index is 2710. The quantitative estimate of drug-likeness (QED) is 0.133. The summed E-state index contributed by atoms with van der Waals surface area (Å²) in [5, 5.41) is 13.5. The van der Waals surface area contributed by atoms with Crippen LogP contribution in [0.15, 0.2) is 139 Å². The zero-order chi connectivity index (χ0) is 32.8. The van der Waals surface area contributed by atoms with E-state index in [-0.39, 0.29) is 21.1 Å². The molecule has 246 valence electrons. The van der Waals surface area contributed by atoms with Gasteiger partial charge in [-0.25, -0.2) is 4.98 Å². The molecule has 7 heteroatoms. The van der Waals surface area contributed by atoms with Gasteiger partial charge in [0.2, 0.25) is 0 Å². The molecule has 8 aromatic rings. The van der Waals surface area contributed by atoms with Gasteiger partial charge in [0.25, 0.3) is 0 Å². The molecule has 51 heavy (non-hydrogen) atoms. The van der Waals surface area contributed by atoms with Crippen LogP contribution in [0.25, 0.3) is 50.1 Å². The molecular formula is C44H30N4OPtSi. The number of allylic oxidation sites excluding steroid dienone is 2. The van der Waals surface area contributed by atoms with E-state index >= 15 is 0 Å². The summed E-state index contributed by atoms with van der Waals surface area (Å²) >= 11 is 0. The van der Waals surface area contributed by atoms with Crippen LogP contribution in [-0.2, 0) is 21.1 Å². The monoisotopic (exact) mass is 853 g/mol. The molecule has 0 saturated carbocycles. The summed E-state index contributed by atoms with van der Waals surface area (Å²) in [4.78, 5) is 4.67. The largest absolute Gasteiger partial charge is 2.00 e. The van der Waals surface area contributed by atoms with E-state index in [1.165, 1.54) is 58.1 Å². The Kier molecular flexibility index (Phi) is 6.96. The zero-order valence-electron chi connectivity index (χ0n) is 27.5. The average molecular weight is 854 g/mol. The molecule has 3 aliphatic rings. The number of para-hydroxylation sites is 1. The fraction of sp³-hybridized carbons (Fsp3) is 0.0909. The molecule has 1 spiro atoms. The Hall–Kier alpha value is -5.29. The van der Waals surface area contributed by atoms with E-state index in [0.717, 1.165) is 33.3 Å². The number of hydrogen-bond acceptors (Lipinski definition) is 3. The van der Waals surface area contributed by atoms with Crippen molar-refractivity contribution >= 4 is 51.0 Å². The first-order valence-electron chi connectivity index (χ1n) is 17.4. The minimum Gasteiger partial charge on any atom is -0.509 e. The van der Waals surface area contributed by atoms with Gasteiger partial charge in [0.05, 0.1) is 11.9 Å². The maximum absolute atomic E-state index is 6.53. The van der Waals surface area contributed by atoms with Gasteiger partial charge in [-0.15, -0.1) is 35.7 Å². The molecule has 5 nitrogen and oxygen atoms in total. The van der Waals surface area contributed by atoms with Crippen LogP contribution in [0.2, 0.25) is 0 Å². The number of ether oxygens (including phenoxy) is 1. The van der Waals surface area contributed by atoms with Crippen molar-refractivity contribution in [1.82, 2.24) is 19.3 Å². The van der Waals surface area contributed by atoms with Gasteiger partial charge in [0.15, 0.2) is 8.07 Å². The SMILES string of the molecule is [Pt+2].[c-]1c(Oc2[c-]c3c(cc2)c2ccccc2n3-c2ccccn2)cccc1-n1ncc2c1-c1ccccc1[Si]21C2=C(CCCC2)c2ccccc21. The number of hydrogen-bond donors (Lipinski definition) is 0. The first kappa shape index (κ1) is 30.5. The predicted molar refractivity (Wildman–Crippen MR) is 202 cm³/mol. The standard InChI is InChI=1S/C44H30N4OSi.Pt/c1-5-18-37-32(14-1)33-24-23-31(27-38(33)47(37)43-22-9-10-25-45-43)49-30-13-11-12-29(26-30)48-44-36-17-4-8-21-41(36)50(42(44)28-46-48)39-19-6-2-15-34(39)35-16-3-7-20-40(35)50;/h1-2,4-6,8-15,17-19,21-25,28H,3,7,16,20H2;/q-2;+2. The topological polar surface area (TPSA) is 44.9 Å². The van der Waals surface area contributed by atoms with Crippen LogP contribution < -0.4 is 20.3 Å². The van der Waals surface area contributed by atoms with Crippen molar-refractivity contribution in [3.8, 4) is 34.3 Å². The molecule has 0 fully saturated rings. The van der Waals surface area contributed by atoms with Crippen molar-refractivity contribution in [2.24, 2.45) is 0 Å². The first-order chi connectivity index (χ1) is 24.8. The fourth-order valence-electron chi connectivity index (χ4n) is 9.09. The molecule has 1 unspecified atom stereocenters. The Labute approximate surface area is 311 Å². The van der Waals surface area contributed by atoms with Crippen LogP contribution in [0.4, 0.5) is 0 Å². The van der Waals surface area contributed by atoms with Crippen LogP contribution in [0.3, 0.4) is 0 Å². The molecule has 2 aliphatic heterocycles. The van der Waals surface area contributed by atoms with E-state index in [4.69, 9.17) is 9.84 Å². The smallest absolute Gasteiger partial charge is 0.509 e. The van der Waals surface area contributed by atoms with E-state index in [9.17, 15) is 0 Å². The van der Waals surface area contributed by atoms with Crippen LogP contribution in [0, 0.1) is 12.1 Å². The van der Waals surface area contributed by atoms with Gasteiger partial charge >= 0.3 is 21.1 Å². The van der Waals surface area contributed by atoms with Gasteiger partial charge in [-0.2, -0.15) is 17.2 Å². The average Bonchev–Trinajstić information content (AvgIpc) is 3.91. The molecule has 0 bridgehead atoms. The number of rotatable bonds is 4. The van der Waals surface area contributed by atoms with Gasteiger partial charge in [0, 0.05) is 34.0 Å². The molecule has 0 N–H and O–H groups in total. The van der Waals surface area contributed by atoms with Gasteiger partial charge in [-0.3, -0.25) is 4.68 Å². The second-order valence-corrected chi connectivity index (χ2v) is 17.2. The van der Waals surface area contributed by atoms with Crippen molar-refractivity contribution in [1.29, 1.82) is 0 Å². The van der Waals surface area contributed by atoms with Gasteiger partial charge < -0.3 is 9.30 Å².